The van der Waals surface area contributed by atoms with Crippen LogP contribution in [0.5, 0.6) is 0 Å². The monoisotopic (exact) mass is 285 g/mol. The molecule has 0 aliphatic heterocycles. The normalized spacial score (nSPS) is 11.3. The molecule has 0 spiro atoms. The third-order valence-corrected chi connectivity index (χ3v) is 2.76. The highest BCUT2D eigenvalue weighted by Crippen LogP contribution is 2.31. The van der Waals surface area contributed by atoms with Gasteiger partial charge in [0.05, 0.1) is 15.7 Å². The van der Waals surface area contributed by atoms with Gasteiger partial charge in [0.25, 0.3) is 5.91 Å². The van der Waals surface area contributed by atoms with Crippen molar-refractivity contribution in [2.75, 3.05) is 5.32 Å². The van der Waals surface area contributed by atoms with Crippen LogP contribution in [0.1, 0.15) is 6.92 Å². The summed E-state index contributed by atoms with van der Waals surface area (Å²) in [5.74, 6) is -0.560. The molecule has 15 heavy (non-hydrogen) atoms. The van der Waals surface area contributed by atoms with E-state index in [1.54, 1.807) is 18.2 Å². The number of hydrogen-bond donors (Lipinski definition) is 1. The molecule has 6 heteroatoms. The maximum absolute atomic E-state index is 11.4. The van der Waals surface area contributed by atoms with Crippen molar-refractivity contribution in [2.45, 2.75) is 11.3 Å². The molecule has 0 aromatic heterocycles. The first-order chi connectivity index (χ1) is 6.82. The zero-order valence-electron chi connectivity index (χ0n) is 7.65. The molecule has 0 bridgehead atoms. The predicted molar refractivity (Wildman–Crippen MR) is 65.2 cm³/mol. The molecule has 82 valence electrons. The van der Waals surface area contributed by atoms with Crippen LogP contribution in [0, 0.1) is 0 Å². The summed E-state index contributed by atoms with van der Waals surface area (Å²) in [6.07, 6.45) is 0. The van der Waals surface area contributed by atoms with Crippen LogP contribution in [0.25, 0.3) is 0 Å². The number of amides is 1. The lowest BCUT2D eigenvalue weighted by atomic mass is 10.3. The summed E-state index contributed by atoms with van der Waals surface area (Å²) >= 11 is 22.8. The van der Waals surface area contributed by atoms with Gasteiger partial charge in [0.1, 0.15) is 0 Å². The van der Waals surface area contributed by atoms with Gasteiger partial charge in [0.15, 0.2) is 4.33 Å². The van der Waals surface area contributed by atoms with Gasteiger partial charge in [0.2, 0.25) is 0 Å². The molecule has 0 unspecified atom stereocenters. The van der Waals surface area contributed by atoms with Crippen molar-refractivity contribution in [3.63, 3.8) is 0 Å². The van der Waals surface area contributed by atoms with E-state index in [1.165, 1.54) is 6.92 Å². The first-order valence-electron chi connectivity index (χ1n) is 3.95. The number of hydrogen-bond acceptors (Lipinski definition) is 1. The Hall–Kier alpha value is -0.150. The Morgan fingerprint density at radius 2 is 1.93 bits per heavy atom. The summed E-state index contributed by atoms with van der Waals surface area (Å²) in [7, 11) is 0. The first kappa shape index (κ1) is 12.9. The fourth-order valence-electron chi connectivity index (χ4n) is 0.832. The summed E-state index contributed by atoms with van der Waals surface area (Å²) in [5.41, 5.74) is 0.377. The average molecular weight is 287 g/mol. The van der Waals surface area contributed by atoms with Crippen LogP contribution >= 0.6 is 46.4 Å². The molecule has 0 saturated carbocycles. The third kappa shape index (κ3) is 3.42. The Morgan fingerprint density at radius 1 is 1.33 bits per heavy atom. The molecule has 1 aromatic rings. The number of nitrogens with one attached hydrogen (secondary N) is 1. The molecule has 1 N–H and O–H groups in total. The summed E-state index contributed by atoms with van der Waals surface area (Å²) < 4.78 is -1.51. The van der Waals surface area contributed by atoms with Gasteiger partial charge in [-0.05, 0) is 19.1 Å². The first-order valence-corrected chi connectivity index (χ1v) is 5.47. The van der Waals surface area contributed by atoms with Crippen LogP contribution in [0.3, 0.4) is 0 Å². The Labute approximate surface area is 107 Å². The number of alkyl halides is 2. The second-order valence-electron chi connectivity index (χ2n) is 2.94. The van der Waals surface area contributed by atoms with E-state index in [0.717, 1.165) is 0 Å². The van der Waals surface area contributed by atoms with E-state index in [2.05, 4.69) is 5.32 Å². The number of rotatable bonds is 2. The lowest BCUT2D eigenvalue weighted by Crippen LogP contribution is -2.29. The second-order valence-corrected chi connectivity index (χ2v) is 5.43. The SMILES string of the molecule is CC(Cl)(Cl)C(=O)Nc1cccc(Cl)c1Cl. The maximum atomic E-state index is 11.4. The molecular weight excluding hydrogens is 280 g/mol. The number of anilines is 1. The smallest absolute Gasteiger partial charge is 0.260 e. The molecule has 1 amide bonds. The second kappa shape index (κ2) is 4.79. The Bertz CT molecular complexity index is 386. The van der Waals surface area contributed by atoms with Crippen LogP contribution in [0.4, 0.5) is 5.69 Å². The average Bonchev–Trinajstić information content (AvgIpc) is 2.11. The highest BCUT2D eigenvalue weighted by Gasteiger charge is 2.27. The van der Waals surface area contributed by atoms with Gasteiger partial charge in [-0.1, -0.05) is 52.5 Å². The minimum Gasteiger partial charge on any atom is -0.322 e. The zero-order valence-corrected chi connectivity index (χ0v) is 10.7. The molecule has 2 nitrogen and oxygen atoms in total. The fourth-order valence-corrected chi connectivity index (χ4v) is 1.27. The number of halogens is 4. The largest absolute Gasteiger partial charge is 0.322 e. The number of carbonyl (C=O) groups excluding carboxylic acids is 1. The molecule has 0 radical (unpaired) electrons. The molecule has 0 aliphatic rings. The van der Waals surface area contributed by atoms with E-state index in [0.29, 0.717) is 10.7 Å². The molecule has 0 atom stereocenters. The van der Waals surface area contributed by atoms with Gasteiger partial charge in [-0.2, -0.15) is 0 Å². The highest BCUT2D eigenvalue weighted by molar-refractivity contribution is 6.59. The van der Waals surface area contributed by atoms with E-state index < -0.39 is 10.2 Å². The van der Waals surface area contributed by atoms with Crippen molar-refractivity contribution in [3.8, 4) is 0 Å². The van der Waals surface area contributed by atoms with Gasteiger partial charge in [-0.15, -0.1) is 0 Å². The van der Waals surface area contributed by atoms with Crippen LogP contribution in [-0.4, -0.2) is 10.2 Å². The van der Waals surface area contributed by atoms with E-state index in [4.69, 9.17) is 46.4 Å². The zero-order chi connectivity index (χ0) is 11.6. The van der Waals surface area contributed by atoms with Crippen LogP contribution in [-0.2, 0) is 4.79 Å². The summed E-state index contributed by atoms with van der Waals surface area (Å²) in [5, 5.41) is 3.07. The van der Waals surface area contributed by atoms with E-state index in [1.807, 2.05) is 0 Å². The standard InChI is InChI=1S/C9H7Cl4NO/c1-9(12,13)8(15)14-6-4-2-3-5(10)7(6)11/h2-4H,1H3,(H,14,15). The molecule has 0 aliphatic carbocycles. The van der Waals surface area contributed by atoms with E-state index in [-0.39, 0.29) is 5.02 Å². The topological polar surface area (TPSA) is 29.1 Å². The van der Waals surface area contributed by atoms with Gasteiger partial charge < -0.3 is 5.32 Å². The van der Waals surface area contributed by atoms with Gasteiger partial charge in [-0.3, -0.25) is 4.79 Å². The number of carbonyl (C=O) groups is 1. The fraction of sp³-hybridized carbons (Fsp3) is 0.222. The van der Waals surface area contributed by atoms with Gasteiger partial charge in [-0.25, -0.2) is 0 Å². The molecule has 0 saturated heterocycles. The van der Waals surface area contributed by atoms with Crippen molar-refractivity contribution >= 4 is 58.0 Å². The van der Waals surface area contributed by atoms with Crippen LogP contribution < -0.4 is 5.32 Å². The van der Waals surface area contributed by atoms with E-state index in [9.17, 15) is 4.79 Å². The minimum atomic E-state index is -1.51. The van der Waals surface area contributed by atoms with Crippen molar-refractivity contribution < 1.29 is 4.79 Å². The van der Waals surface area contributed by atoms with Crippen molar-refractivity contribution in [2.24, 2.45) is 0 Å². The third-order valence-electron chi connectivity index (χ3n) is 1.60. The summed E-state index contributed by atoms with van der Waals surface area (Å²) in [6, 6.07) is 4.87. The van der Waals surface area contributed by atoms with Crippen molar-refractivity contribution in [1.29, 1.82) is 0 Å². The lowest BCUT2D eigenvalue weighted by molar-refractivity contribution is -0.116. The predicted octanol–water partition coefficient (Wildman–Crippen LogP) is 4.13. The maximum Gasteiger partial charge on any atom is 0.260 e. The minimum absolute atomic E-state index is 0.255. The Balaban J connectivity index is 2.91. The molecule has 0 heterocycles. The molecule has 1 rings (SSSR count). The molecule has 1 aromatic carbocycles. The van der Waals surface area contributed by atoms with Crippen molar-refractivity contribution in [3.05, 3.63) is 28.2 Å². The summed E-state index contributed by atoms with van der Waals surface area (Å²) in [4.78, 5) is 11.4. The molecular formula is C9H7Cl4NO. The quantitative estimate of drug-likeness (QED) is 0.814. The lowest BCUT2D eigenvalue weighted by Gasteiger charge is -2.14. The van der Waals surface area contributed by atoms with Crippen LogP contribution in [0.2, 0.25) is 10.0 Å². The molecule has 0 fully saturated rings. The van der Waals surface area contributed by atoms with Crippen molar-refractivity contribution in [1.82, 2.24) is 0 Å². The summed E-state index contributed by atoms with van der Waals surface area (Å²) in [6.45, 7) is 1.36. The Kier molecular flexibility index (Phi) is 4.13. The van der Waals surface area contributed by atoms with Gasteiger partial charge >= 0.3 is 0 Å². The van der Waals surface area contributed by atoms with E-state index >= 15 is 0 Å². The van der Waals surface area contributed by atoms with Crippen LogP contribution in [0.15, 0.2) is 18.2 Å². The van der Waals surface area contributed by atoms with Gasteiger partial charge in [0, 0.05) is 0 Å². The Morgan fingerprint density at radius 3 is 2.47 bits per heavy atom. The number of benzene rings is 1. The highest BCUT2D eigenvalue weighted by atomic mass is 35.5.